The SMILES string of the molecule is O=C(COC(=O)c1ccc(Cn2cncn2)cc1)NCC(=O)Nc1ccc(F)c(F)c1F. The lowest BCUT2D eigenvalue weighted by Gasteiger charge is -2.09. The number of rotatable bonds is 8. The molecule has 1 heterocycles. The van der Waals surface area contributed by atoms with Crippen LogP contribution in [0.1, 0.15) is 15.9 Å². The second-order valence-corrected chi connectivity index (χ2v) is 6.41. The van der Waals surface area contributed by atoms with E-state index in [9.17, 15) is 27.6 Å². The molecule has 0 aliphatic rings. The number of halogens is 3. The van der Waals surface area contributed by atoms with Gasteiger partial charge in [-0.2, -0.15) is 5.10 Å². The van der Waals surface area contributed by atoms with E-state index in [1.807, 2.05) is 5.32 Å². The van der Waals surface area contributed by atoms with Gasteiger partial charge in [0.25, 0.3) is 5.91 Å². The lowest BCUT2D eigenvalue weighted by atomic mass is 10.1. The van der Waals surface area contributed by atoms with Crippen molar-refractivity contribution in [2.45, 2.75) is 6.54 Å². The van der Waals surface area contributed by atoms with Crippen LogP contribution in [-0.4, -0.2) is 45.7 Å². The van der Waals surface area contributed by atoms with E-state index in [2.05, 4.69) is 15.4 Å². The molecule has 0 aliphatic heterocycles. The second kappa shape index (κ2) is 10.2. The Labute approximate surface area is 179 Å². The highest BCUT2D eigenvalue weighted by Crippen LogP contribution is 2.19. The topological polar surface area (TPSA) is 115 Å². The molecule has 0 aliphatic carbocycles. The molecule has 2 N–H and O–H groups in total. The Bertz CT molecular complexity index is 1120. The van der Waals surface area contributed by atoms with Crippen LogP contribution in [0.3, 0.4) is 0 Å². The van der Waals surface area contributed by atoms with Crippen molar-refractivity contribution in [1.82, 2.24) is 20.1 Å². The molecule has 166 valence electrons. The summed E-state index contributed by atoms with van der Waals surface area (Å²) in [5.41, 5.74) is 0.502. The Morgan fingerprint density at radius 2 is 1.72 bits per heavy atom. The summed E-state index contributed by atoms with van der Waals surface area (Å²) in [5, 5.41) is 8.12. The summed E-state index contributed by atoms with van der Waals surface area (Å²) >= 11 is 0. The number of amides is 2. The van der Waals surface area contributed by atoms with Gasteiger partial charge in [-0.05, 0) is 29.8 Å². The van der Waals surface area contributed by atoms with Gasteiger partial charge >= 0.3 is 5.97 Å². The van der Waals surface area contributed by atoms with Gasteiger partial charge in [-0.15, -0.1) is 0 Å². The van der Waals surface area contributed by atoms with Crippen LogP contribution in [0, 0.1) is 17.5 Å². The zero-order chi connectivity index (χ0) is 23.1. The van der Waals surface area contributed by atoms with Gasteiger partial charge in [0, 0.05) is 0 Å². The molecule has 0 atom stereocenters. The third kappa shape index (κ3) is 5.90. The third-order valence-electron chi connectivity index (χ3n) is 4.09. The van der Waals surface area contributed by atoms with Gasteiger partial charge in [0.15, 0.2) is 24.1 Å². The minimum Gasteiger partial charge on any atom is -0.452 e. The van der Waals surface area contributed by atoms with Gasteiger partial charge < -0.3 is 15.4 Å². The fraction of sp³-hybridized carbons (Fsp3) is 0.150. The number of hydrogen-bond donors (Lipinski definition) is 2. The third-order valence-corrected chi connectivity index (χ3v) is 4.09. The molecule has 3 aromatic rings. The van der Waals surface area contributed by atoms with Crippen molar-refractivity contribution in [1.29, 1.82) is 0 Å². The number of nitrogens with zero attached hydrogens (tertiary/aromatic N) is 3. The first kappa shape index (κ1) is 22.5. The quantitative estimate of drug-likeness (QED) is 0.401. The molecule has 0 unspecified atom stereocenters. The van der Waals surface area contributed by atoms with Crippen molar-refractivity contribution in [3.05, 3.63) is 77.6 Å². The number of nitrogens with one attached hydrogen (secondary N) is 2. The molecular formula is C20H16F3N5O4. The zero-order valence-electron chi connectivity index (χ0n) is 16.3. The normalized spacial score (nSPS) is 10.5. The average molecular weight is 447 g/mol. The summed E-state index contributed by atoms with van der Waals surface area (Å²) < 4.78 is 46.0. The minimum atomic E-state index is -1.73. The van der Waals surface area contributed by atoms with Gasteiger partial charge in [-0.1, -0.05) is 12.1 Å². The van der Waals surface area contributed by atoms with E-state index < -0.39 is 54.1 Å². The largest absolute Gasteiger partial charge is 0.452 e. The highest BCUT2D eigenvalue weighted by Gasteiger charge is 2.16. The van der Waals surface area contributed by atoms with Gasteiger partial charge in [0.1, 0.15) is 12.7 Å². The van der Waals surface area contributed by atoms with E-state index >= 15 is 0 Å². The van der Waals surface area contributed by atoms with Gasteiger partial charge in [0.05, 0.1) is 24.3 Å². The first-order valence-electron chi connectivity index (χ1n) is 9.12. The van der Waals surface area contributed by atoms with Gasteiger partial charge in [0.2, 0.25) is 5.91 Å². The van der Waals surface area contributed by atoms with E-state index in [0.717, 1.165) is 11.6 Å². The molecule has 0 radical (unpaired) electrons. The highest BCUT2D eigenvalue weighted by atomic mass is 19.2. The van der Waals surface area contributed by atoms with Crippen LogP contribution in [0.2, 0.25) is 0 Å². The Balaban J connectivity index is 1.42. The smallest absolute Gasteiger partial charge is 0.338 e. The number of ether oxygens (including phenoxy) is 1. The molecule has 0 fully saturated rings. The second-order valence-electron chi connectivity index (χ2n) is 6.41. The fourth-order valence-corrected chi connectivity index (χ4v) is 2.51. The number of anilines is 1. The van der Waals surface area contributed by atoms with Crippen LogP contribution in [0.4, 0.5) is 18.9 Å². The van der Waals surface area contributed by atoms with Crippen molar-refractivity contribution >= 4 is 23.5 Å². The van der Waals surface area contributed by atoms with Crippen LogP contribution in [0.15, 0.2) is 49.1 Å². The zero-order valence-corrected chi connectivity index (χ0v) is 16.3. The Kier molecular flexibility index (Phi) is 7.16. The molecule has 0 spiro atoms. The summed E-state index contributed by atoms with van der Waals surface area (Å²) in [6, 6.07) is 7.92. The lowest BCUT2D eigenvalue weighted by molar-refractivity contribution is -0.126. The lowest BCUT2D eigenvalue weighted by Crippen LogP contribution is -2.35. The van der Waals surface area contributed by atoms with E-state index in [4.69, 9.17) is 4.74 Å². The maximum absolute atomic E-state index is 13.5. The highest BCUT2D eigenvalue weighted by molar-refractivity contribution is 5.95. The Hall–Kier alpha value is -4.22. The predicted octanol–water partition coefficient (Wildman–Crippen LogP) is 1.66. The molecule has 2 amide bonds. The van der Waals surface area contributed by atoms with E-state index in [1.165, 1.54) is 18.5 Å². The van der Waals surface area contributed by atoms with Crippen LogP contribution >= 0.6 is 0 Å². The molecule has 3 rings (SSSR count). The molecule has 1 aromatic heterocycles. The van der Waals surface area contributed by atoms with Crippen molar-refractivity contribution in [2.24, 2.45) is 0 Å². The van der Waals surface area contributed by atoms with Crippen molar-refractivity contribution in [3.8, 4) is 0 Å². The number of carbonyl (C=O) groups is 3. The average Bonchev–Trinajstić information content (AvgIpc) is 3.30. The van der Waals surface area contributed by atoms with Crippen LogP contribution < -0.4 is 10.6 Å². The predicted molar refractivity (Wildman–Crippen MR) is 104 cm³/mol. The number of hydrogen-bond acceptors (Lipinski definition) is 6. The minimum absolute atomic E-state index is 0.215. The van der Waals surface area contributed by atoms with Crippen molar-refractivity contribution in [2.75, 3.05) is 18.5 Å². The first-order chi connectivity index (χ1) is 15.3. The molecule has 2 aromatic carbocycles. The van der Waals surface area contributed by atoms with Crippen LogP contribution in [0.5, 0.6) is 0 Å². The molecule has 12 heteroatoms. The fourth-order valence-electron chi connectivity index (χ4n) is 2.51. The summed E-state index contributed by atoms with van der Waals surface area (Å²) in [7, 11) is 0. The summed E-state index contributed by atoms with van der Waals surface area (Å²) in [5.74, 6) is -7.13. The van der Waals surface area contributed by atoms with E-state index in [-0.39, 0.29) is 5.56 Å². The molecule has 9 nitrogen and oxygen atoms in total. The maximum Gasteiger partial charge on any atom is 0.338 e. The first-order valence-corrected chi connectivity index (χ1v) is 9.12. The summed E-state index contributed by atoms with van der Waals surface area (Å²) in [4.78, 5) is 39.4. The van der Waals surface area contributed by atoms with E-state index in [1.54, 1.807) is 23.1 Å². The number of carbonyl (C=O) groups excluding carboxylic acids is 3. The van der Waals surface area contributed by atoms with Crippen molar-refractivity contribution in [3.63, 3.8) is 0 Å². The molecular weight excluding hydrogens is 431 g/mol. The number of aromatic nitrogens is 3. The van der Waals surface area contributed by atoms with Crippen LogP contribution in [-0.2, 0) is 20.9 Å². The monoisotopic (exact) mass is 447 g/mol. The van der Waals surface area contributed by atoms with E-state index in [0.29, 0.717) is 12.6 Å². The number of benzene rings is 2. The maximum atomic E-state index is 13.5. The number of esters is 1. The summed E-state index contributed by atoms with van der Waals surface area (Å²) in [6.07, 6.45) is 2.96. The molecule has 0 bridgehead atoms. The van der Waals surface area contributed by atoms with Gasteiger partial charge in [-0.25, -0.2) is 27.6 Å². The molecule has 0 saturated heterocycles. The Morgan fingerprint density at radius 3 is 2.41 bits per heavy atom. The summed E-state index contributed by atoms with van der Waals surface area (Å²) in [6.45, 7) is -0.799. The Morgan fingerprint density at radius 1 is 0.969 bits per heavy atom. The van der Waals surface area contributed by atoms with Crippen LogP contribution in [0.25, 0.3) is 0 Å². The van der Waals surface area contributed by atoms with Crippen molar-refractivity contribution < 1.29 is 32.3 Å². The molecule has 0 saturated carbocycles. The standard InChI is InChI=1S/C20H16F3N5O4/c21-14-5-6-15(19(23)18(14)22)27-16(29)7-25-17(30)9-32-20(31)13-3-1-12(2-4-13)8-28-11-24-10-26-28/h1-6,10-11H,7-9H2,(H,25,30)(H,27,29). The van der Waals surface area contributed by atoms with Gasteiger partial charge in [-0.3, -0.25) is 9.59 Å². The molecule has 32 heavy (non-hydrogen) atoms.